The zero-order valence-electron chi connectivity index (χ0n) is 15.6. The number of aromatic carboxylic acids is 1. The van der Waals surface area contributed by atoms with E-state index in [2.05, 4.69) is 5.32 Å². The van der Waals surface area contributed by atoms with Crippen LogP contribution >= 0.6 is 23.8 Å². The van der Waals surface area contributed by atoms with Crippen LogP contribution < -0.4 is 15.3 Å². The molecule has 1 aromatic heterocycles. The topological polar surface area (TPSA) is 103 Å². The lowest BCUT2D eigenvalue weighted by atomic mass is 10.1. The fraction of sp³-hybridized carbons (Fsp3) is 0. The molecule has 2 amide bonds. The second kappa shape index (κ2) is 8.17. The van der Waals surface area contributed by atoms with Gasteiger partial charge in [-0.1, -0.05) is 35.9 Å². The SMILES string of the molecule is O=C1NC(=S)N(c2ccccc2)C(=O)/C1=C/c1ccc(-c2cc(C(=O)[O-])ccc2Cl)o1. The molecule has 4 rings (SSSR count). The van der Waals surface area contributed by atoms with E-state index < -0.39 is 17.8 Å². The largest absolute Gasteiger partial charge is 0.545 e. The maximum absolute atomic E-state index is 13.0. The molecule has 0 aliphatic carbocycles. The van der Waals surface area contributed by atoms with Crippen molar-refractivity contribution in [1.29, 1.82) is 0 Å². The number of hydrogen-bond acceptors (Lipinski definition) is 6. The highest BCUT2D eigenvalue weighted by Crippen LogP contribution is 2.31. The van der Waals surface area contributed by atoms with Gasteiger partial charge in [0.2, 0.25) is 0 Å². The van der Waals surface area contributed by atoms with Crippen LogP contribution in [0.3, 0.4) is 0 Å². The fourth-order valence-electron chi connectivity index (χ4n) is 3.03. The molecule has 154 valence electrons. The molecule has 1 aliphatic rings. The number of nitrogens with one attached hydrogen (secondary N) is 1. The van der Waals surface area contributed by atoms with E-state index in [0.717, 1.165) is 0 Å². The van der Waals surface area contributed by atoms with Gasteiger partial charge in [0, 0.05) is 5.56 Å². The Balaban J connectivity index is 1.69. The summed E-state index contributed by atoms with van der Waals surface area (Å²) in [5, 5.41) is 13.9. The first-order chi connectivity index (χ1) is 14.8. The van der Waals surface area contributed by atoms with Crippen LogP contribution in [0.1, 0.15) is 16.1 Å². The van der Waals surface area contributed by atoms with Crippen molar-refractivity contribution in [3.8, 4) is 11.3 Å². The van der Waals surface area contributed by atoms with Crippen molar-refractivity contribution in [3.05, 3.63) is 82.6 Å². The summed E-state index contributed by atoms with van der Waals surface area (Å²) in [5.74, 6) is -2.15. The molecule has 1 N–H and O–H groups in total. The van der Waals surface area contributed by atoms with E-state index in [4.69, 9.17) is 28.2 Å². The Morgan fingerprint density at radius 1 is 1.10 bits per heavy atom. The van der Waals surface area contributed by atoms with E-state index in [1.165, 1.54) is 35.2 Å². The smallest absolute Gasteiger partial charge is 0.270 e. The van der Waals surface area contributed by atoms with Crippen LogP contribution in [-0.4, -0.2) is 22.9 Å². The first-order valence-corrected chi connectivity index (χ1v) is 9.71. The molecule has 1 saturated heterocycles. The highest BCUT2D eigenvalue weighted by Gasteiger charge is 2.34. The molecular formula is C22H12ClN2O5S-. The highest BCUT2D eigenvalue weighted by molar-refractivity contribution is 7.80. The third-order valence-electron chi connectivity index (χ3n) is 4.50. The number of carboxylic acids is 1. The van der Waals surface area contributed by atoms with Crippen molar-refractivity contribution in [3.63, 3.8) is 0 Å². The summed E-state index contributed by atoms with van der Waals surface area (Å²) >= 11 is 11.3. The van der Waals surface area contributed by atoms with Crippen LogP contribution in [0.5, 0.6) is 0 Å². The van der Waals surface area contributed by atoms with Crippen molar-refractivity contribution in [1.82, 2.24) is 5.32 Å². The average molecular weight is 452 g/mol. The summed E-state index contributed by atoms with van der Waals surface area (Å²) < 4.78 is 5.69. The fourth-order valence-corrected chi connectivity index (χ4v) is 3.52. The second-order valence-electron chi connectivity index (χ2n) is 6.48. The van der Waals surface area contributed by atoms with E-state index in [9.17, 15) is 19.5 Å². The van der Waals surface area contributed by atoms with Gasteiger partial charge in [0.25, 0.3) is 11.8 Å². The summed E-state index contributed by atoms with van der Waals surface area (Å²) in [6.07, 6.45) is 1.29. The number of halogens is 1. The molecule has 7 nitrogen and oxygen atoms in total. The number of benzene rings is 2. The molecule has 9 heteroatoms. The minimum absolute atomic E-state index is 0.0237. The van der Waals surface area contributed by atoms with Crippen molar-refractivity contribution >= 4 is 58.5 Å². The Kier molecular flexibility index (Phi) is 5.41. The first kappa shape index (κ1) is 20.5. The first-order valence-electron chi connectivity index (χ1n) is 8.93. The number of para-hydroxylation sites is 1. The lowest BCUT2D eigenvalue weighted by Crippen LogP contribution is -2.54. The van der Waals surface area contributed by atoms with Gasteiger partial charge in [-0.05, 0) is 60.3 Å². The minimum Gasteiger partial charge on any atom is -0.545 e. The van der Waals surface area contributed by atoms with Crippen molar-refractivity contribution in [2.45, 2.75) is 0 Å². The van der Waals surface area contributed by atoms with Crippen molar-refractivity contribution in [2.75, 3.05) is 4.90 Å². The van der Waals surface area contributed by atoms with Crippen LogP contribution in [-0.2, 0) is 9.59 Å². The van der Waals surface area contributed by atoms with E-state index in [-0.39, 0.29) is 32.8 Å². The van der Waals surface area contributed by atoms with Crippen LogP contribution in [0, 0.1) is 0 Å². The molecule has 2 heterocycles. The van der Waals surface area contributed by atoms with Gasteiger partial charge in [-0.3, -0.25) is 19.8 Å². The van der Waals surface area contributed by atoms with Gasteiger partial charge in [0.1, 0.15) is 17.1 Å². The zero-order valence-corrected chi connectivity index (χ0v) is 17.2. The molecule has 3 aromatic rings. The Morgan fingerprint density at radius 2 is 1.84 bits per heavy atom. The van der Waals surface area contributed by atoms with Gasteiger partial charge in [-0.2, -0.15) is 0 Å². The molecule has 0 saturated carbocycles. The number of carbonyl (C=O) groups is 3. The molecule has 0 spiro atoms. The van der Waals surface area contributed by atoms with Gasteiger partial charge in [-0.15, -0.1) is 0 Å². The monoisotopic (exact) mass is 451 g/mol. The zero-order chi connectivity index (χ0) is 22.1. The second-order valence-corrected chi connectivity index (χ2v) is 7.27. The van der Waals surface area contributed by atoms with E-state index in [0.29, 0.717) is 11.3 Å². The predicted molar refractivity (Wildman–Crippen MR) is 116 cm³/mol. The van der Waals surface area contributed by atoms with Crippen LogP contribution in [0.15, 0.2) is 70.7 Å². The molecule has 0 unspecified atom stereocenters. The summed E-state index contributed by atoms with van der Waals surface area (Å²) in [6.45, 7) is 0. The maximum Gasteiger partial charge on any atom is 0.270 e. The number of anilines is 1. The quantitative estimate of drug-likeness (QED) is 0.372. The number of furan rings is 1. The normalized spacial score (nSPS) is 15.3. The average Bonchev–Trinajstić information content (AvgIpc) is 3.20. The van der Waals surface area contributed by atoms with Crippen molar-refractivity contribution in [2.24, 2.45) is 0 Å². The summed E-state index contributed by atoms with van der Waals surface area (Å²) in [7, 11) is 0. The third-order valence-corrected chi connectivity index (χ3v) is 5.11. The standard InChI is InChI=1S/C22H13ClN2O5S/c23-17-8-6-12(21(28)29)10-15(17)18-9-7-14(30-18)11-16-19(26)24-22(31)25(20(16)27)13-4-2-1-3-5-13/h1-11H,(H,28,29)(H,24,26,31)/p-1/b16-11+. The molecule has 0 bridgehead atoms. The lowest BCUT2D eigenvalue weighted by Gasteiger charge is -2.28. The molecule has 2 aromatic carbocycles. The Morgan fingerprint density at radius 3 is 2.55 bits per heavy atom. The number of thiocarbonyl (C=S) groups is 1. The third kappa shape index (κ3) is 3.98. The van der Waals surface area contributed by atoms with Gasteiger partial charge in [-0.25, -0.2) is 0 Å². The van der Waals surface area contributed by atoms with Gasteiger partial charge in [0.15, 0.2) is 5.11 Å². The molecule has 1 aliphatic heterocycles. The number of hydrogen-bond donors (Lipinski definition) is 1. The van der Waals surface area contributed by atoms with Crippen LogP contribution in [0.4, 0.5) is 5.69 Å². The van der Waals surface area contributed by atoms with E-state index in [1.807, 2.05) is 0 Å². The number of amides is 2. The van der Waals surface area contributed by atoms with Crippen LogP contribution in [0.2, 0.25) is 5.02 Å². The van der Waals surface area contributed by atoms with Gasteiger partial charge < -0.3 is 14.3 Å². The van der Waals surface area contributed by atoms with E-state index >= 15 is 0 Å². The number of carboxylic acid groups (broad SMARTS) is 1. The molecule has 0 atom stereocenters. The van der Waals surface area contributed by atoms with Gasteiger partial charge in [0.05, 0.1) is 16.7 Å². The van der Waals surface area contributed by atoms with Gasteiger partial charge >= 0.3 is 0 Å². The maximum atomic E-state index is 13.0. The molecule has 0 radical (unpaired) electrons. The summed E-state index contributed by atoms with van der Waals surface area (Å²) in [4.78, 5) is 37.7. The molecular weight excluding hydrogens is 440 g/mol. The minimum atomic E-state index is -1.35. The Bertz CT molecular complexity index is 1270. The highest BCUT2D eigenvalue weighted by atomic mass is 35.5. The number of rotatable bonds is 4. The molecule has 31 heavy (non-hydrogen) atoms. The number of nitrogens with zero attached hydrogens (tertiary/aromatic N) is 1. The van der Waals surface area contributed by atoms with Crippen molar-refractivity contribution < 1.29 is 23.9 Å². The molecule has 1 fully saturated rings. The van der Waals surface area contributed by atoms with E-state index in [1.54, 1.807) is 36.4 Å². The lowest BCUT2D eigenvalue weighted by molar-refractivity contribution is -0.255. The van der Waals surface area contributed by atoms with Crippen LogP contribution in [0.25, 0.3) is 17.4 Å². The Labute approximate surface area is 186 Å². The Hall–Kier alpha value is -3.75. The number of carbonyl (C=O) groups excluding carboxylic acids is 3. The summed E-state index contributed by atoms with van der Waals surface area (Å²) in [5.41, 5.74) is 0.603. The predicted octanol–water partition coefficient (Wildman–Crippen LogP) is 2.79. The summed E-state index contributed by atoms with van der Waals surface area (Å²) in [6, 6.07) is 15.8.